The molecule has 0 fully saturated rings. The van der Waals surface area contributed by atoms with Crippen LogP contribution in [0.4, 0.5) is 35.0 Å². The van der Waals surface area contributed by atoms with E-state index in [9.17, 15) is 37.5 Å². The maximum Gasteiger partial charge on any atom is 0.471 e. The second-order valence-corrected chi connectivity index (χ2v) is 8.46. The van der Waals surface area contributed by atoms with Crippen LogP contribution in [0, 0.1) is 6.92 Å². The molecule has 4 rings (SSSR count). The number of rotatable bonds is 7. The Morgan fingerprint density at radius 3 is 2.35 bits per heavy atom. The lowest BCUT2D eigenvalue weighted by atomic mass is 10.0. The van der Waals surface area contributed by atoms with Gasteiger partial charge in [0.05, 0.1) is 35.3 Å². The Kier molecular flexibility index (Phi) is 7.48. The average Bonchev–Trinajstić information content (AvgIpc) is 3.18. The van der Waals surface area contributed by atoms with Crippen molar-refractivity contribution in [2.75, 3.05) is 23.1 Å². The van der Waals surface area contributed by atoms with Gasteiger partial charge < -0.3 is 30.2 Å². The molecule has 0 aliphatic rings. The number of ketones is 1. The van der Waals surface area contributed by atoms with Gasteiger partial charge in [0.25, 0.3) is 0 Å². The maximum absolute atomic E-state index is 13.6. The van der Waals surface area contributed by atoms with Crippen LogP contribution in [-0.2, 0) is 4.79 Å². The van der Waals surface area contributed by atoms with E-state index in [0.29, 0.717) is 28.2 Å². The van der Waals surface area contributed by atoms with Crippen molar-refractivity contribution in [2.45, 2.75) is 13.1 Å². The van der Waals surface area contributed by atoms with E-state index in [4.69, 9.17) is 4.74 Å². The van der Waals surface area contributed by atoms with Crippen LogP contribution < -0.4 is 20.7 Å². The van der Waals surface area contributed by atoms with Crippen molar-refractivity contribution in [3.8, 4) is 5.75 Å². The molecule has 0 bridgehead atoms. The molecule has 0 saturated carbocycles. The van der Waals surface area contributed by atoms with Crippen LogP contribution in [0.15, 0.2) is 66.9 Å². The summed E-state index contributed by atoms with van der Waals surface area (Å²) in [5.41, 5.74) is 0.138. The number of nitrogens with zero attached hydrogens (tertiary/aromatic N) is 1. The number of hydrogen-bond acceptors (Lipinski definition) is 5. The molecule has 0 unspecified atom stereocenters. The van der Waals surface area contributed by atoms with Gasteiger partial charge in [-0.25, -0.2) is 9.59 Å². The molecule has 4 aromatic rings. The van der Waals surface area contributed by atoms with Gasteiger partial charge in [-0.1, -0.05) is 12.1 Å². The Morgan fingerprint density at radius 1 is 0.925 bits per heavy atom. The second-order valence-electron chi connectivity index (χ2n) is 8.46. The van der Waals surface area contributed by atoms with Crippen LogP contribution in [0.2, 0.25) is 0 Å². The minimum Gasteiger partial charge on any atom is -0.497 e. The number of aromatic nitrogens is 1. The number of carbonyl (C=O) groups excluding carboxylic acids is 3. The molecule has 40 heavy (non-hydrogen) atoms. The number of anilines is 3. The van der Waals surface area contributed by atoms with Crippen LogP contribution in [0.5, 0.6) is 5.75 Å². The van der Waals surface area contributed by atoms with Crippen molar-refractivity contribution in [1.82, 2.24) is 4.40 Å². The predicted molar refractivity (Wildman–Crippen MR) is 139 cm³/mol. The van der Waals surface area contributed by atoms with E-state index in [-0.39, 0.29) is 11.3 Å². The van der Waals surface area contributed by atoms with E-state index >= 15 is 0 Å². The largest absolute Gasteiger partial charge is 0.497 e. The van der Waals surface area contributed by atoms with E-state index in [1.165, 1.54) is 16.8 Å². The van der Waals surface area contributed by atoms with Gasteiger partial charge in [0.2, 0.25) is 5.78 Å². The summed E-state index contributed by atoms with van der Waals surface area (Å²) in [5.74, 6) is -4.15. The van der Waals surface area contributed by atoms with Crippen LogP contribution >= 0.6 is 0 Å². The number of ether oxygens (including phenoxy) is 1. The van der Waals surface area contributed by atoms with Crippen LogP contribution in [0.1, 0.15) is 32.0 Å². The molecule has 2 aromatic carbocycles. The standard InChI is InChI=1S/C27H21F3N4O6/c1-14-21(33-26(39)31-16-6-5-7-17(13-16)40-2)20-8-3-4-11-34(20)22(14)23(35)15-9-10-19(18(12-15)24(36)37)32-25(38)27(28,29)30/h3-13H,1-2H3,(H,32,38)(H,36,37)(H2,31,33,39). The zero-order valence-corrected chi connectivity index (χ0v) is 20.9. The highest BCUT2D eigenvalue weighted by molar-refractivity contribution is 6.14. The Labute approximate surface area is 224 Å². The number of nitrogens with one attached hydrogen (secondary N) is 3. The fourth-order valence-corrected chi connectivity index (χ4v) is 4.05. The number of hydrogen-bond donors (Lipinski definition) is 4. The third-order valence-corrected chi connectivity index (χ3v) is 5.89. The molecule has 0 aliphatic heterocycles. The van der Waals surface area contributed by atoms with E-state index in [2.05, 4.69) is 10.6 Å². The van der Waals surface area contributed by atoms with Crippen LogP contribution in [-0.4, -0.2) is 46.5 Å². The lowest BCUT2D eigenvalue weighted by molar-refractivity contribution is -0.167. The lowest BCUT2D eigenvalue weighted by Crippen LogP contribution is -2.30. The zero-order valence-electron chi connectivity index (χ0n) is 20.9. The number of benzene rings is 2. The highest BCUT2D eigenvalue weighted by Gasteiger charge is 2.39. The first-order valence-corrected chi connectivity index (χ1v) is 11.5. The fourth-order valence-electron chi connectivity index (χ4n) is 4.05. The van der Waals surface area contributed by atoms with E-state index in [1.54, 1.807) is 55.6 Å². The van der Waals surface area contributed by atoms with Crippen molar-refractivity contribution in [2.24, 2.45) is 0 Å². The molecule has 0 radical (unpaired) electrons. The fraction of sp³-hybridized carbons (Fsp3) is 0.111. The first kappa shape index (κ1) is 27.7. The second kappa shape index (κ2) is 10.8. The number of alkyl halides is 3. The Morgan fingerprint density at radius 2 is 1.68 bits per heavy atom. The summed E-state index contributed by atoms with van der Waals surface area (Å²) < 4.78 is 44.7. The van der Waals surface area contributed by atoms with Crippen LogP contribution in [0.25, 0.3) is 5.52 Å². The van der Waals surface area contributed by atoms with Crippen molar-refractivity contribution in [3.63, 3.8) is 0 Å². The SMILES string of the molecule is COc1cccc(NC(=O)Nc2c(C)c(C(=O)c3ccc(NC(=O)C(F)(F)F)c(C(=O)O)c3)n3ccccc23)c1. The molecule has 4 N–H and O–H groups in total. The van der Waals surface area contributed by atoms with Gasteiger partial charge >= 0.3 is 24.1 Å². The number of amides is 3. The first-order valence-electron chi connectivity index (χ1n) is 11.5. The number of carboxylic acid groups (broad SMARTS) is 1. The molecule has 2 aromatic heterocycles. The molecule has 2 heterocycles. The van der Waals surface area contributed by atoms with Crippen LogP contribution in [0.3, 0.4) is 0 Å². The van der Waals surface area contributed by atoms with Crippen molar-refractivity contribution in [3.05, 3.63) is 89.2 Å². The number of urea groups is 1. The van der Waals surface area contributed by atoms with Gasteiger partial charge in [-0.3, -0.25) is 9.59 Å². The summed E-state index contributed by atoms with van der Waals surface area (Å²) in [6.45, 7) is 1.58. The first-order chi connectivity index (χ1) is 18.9. The number of halogens is 3. The molecule has 3 amide bonds. The summed E-state index contributed by atoms with van der Waals surface area (Å²) >= 11 is 0. The number of fused-ring (bicyclic) bond motifs is 1. The van der Waals surface area contributed by atoms with Crippen molar-refractivity contribution < 1.29 is 42.2 Å². The van der Waals surface area contributed by atoms with Gasteiger partial charge in [-0.05, 0) is 49.4 Å². The monoisotopic (exact) mass is 554 g/mol. The van der Waals surface area contributed by atoms with Gasteiger partial charge in [0.1, 0.15) is 5.75 Å². The molecule has 0 spiro atoms. The zero-order chi connectivity index (χ0) is 29.2. The average molecular weight is 554 g/mol. The Balaban J connectivity index is 1.69. The molecule has 10 nitrogen and oxygen atoms in total. The summed E-state index contributed by atoms with van der Waals surface area (Å²) in [4.78, 5) is 49.5. The van der Waals surface area contributed by atoms with Gasteiger partial charge in [-0.15, -0.1) is 0 Å². The van der Waals surface area contributed by atoms with E-state index in [1.807, 2.05) is 0 Å². The number of carboxylic acids is 1. The third kappa shape index (κ3) is 5.57. The van der Waals surface area contributed by atoms with Gasteiger partial charge in [0.15, 0.2) is 0 Å². The predicted octanol–water partition coefficient (Wildman–Crippen LogP) is 5.33. The number of methoxy groups -OCH3 is 1. The minimum absolute atomic E-state index is 0.0793. The van der Waals surface area contributed by atoms with E-state index in [0.717, 1.165) is 18.2 Å². The lowest BCUT2D eigenvalue weighted by Gasteiger charge is -2.12. The number of carbonyl (C=O) groups is 4. The molecular weight excluding hydrogens is 533 g/mol. The smallest absolute Gasteiger partial charge is 0.471 e. The van der Waals surface area contributed by atoms with Gasteiger partial charge in [0, 0.05) is 29.1 Å². The molecular formula is C27H21F3N4O6. The van der Waals surface area contributed by atoms with Crippen molar-refractivity contribution in [1.29, 1.82) is 0 Å². The summed E-state index contributed by atoms with van der Waals surface area (Å²) in [6, 6.07) is 13.9. The quantitative estimate of drug-likeness (QED) is 0.228. The molecule has 0 aliphatic carbocycles. The minimum atomic E-state index is -5.24. The molecule has 13 heteroatoms. The highest BCUT2D eigenvalue weighted by atomic mass is 19.4. The summed E-state index contributed by atoms with van der Waals surface area (Å²) in [5, 5.41) is 16.4. The molecule has 0 saturated heterocycles. The van der Waals surface area contributed by atoms with Crippen molar-refractivity contribution >= 4 is 46.3 Å². The third-order valence-electron chi connectivity index (χ3n) is 5.89. The highest BCUT2D eigenvalue weighted by Crippen LogP contribution is 2.31. The number of pyridine rings is 1. The molecule has 206 valence electrons. The normalized spacial score (nSPS) is 11.1. The molecule has 0 atom stereocenters. The Hall–Kier alpha value is -5.33. The summed E-state index contributed by atoms with van der Waals surface area (Å²) in [7, 11) is 1.49. The Bertz CT molecular complexity index is 1660. The topological polar surface area (TPSA) is 138 Å². The summed E-state index contributed by atoms with van der Waals surface area (Å²) in [6.07, 6.45) is -3.68. The maximum atomic E-state index is 13.6. The number of aromatic carboxylic acids is 1. The van der Waals surface area contributed by atoms with E-state index < -0.39 is 41.1 Å². The van der Waals surface area contributed by atoms with Gasteiger partial charge in [-0.2, -0.15) is 13.2 Å².